The van der Waals surface area contributed by atoms with Crippen molar-refractivity contribution in [3.05, 3.63) is 41.2 Å². The highest BCUT2D eigenvalue weighted by Crippen LogP contribution is 2.25. The summed E-state index contributed by atoms with van der Waals surface area (Å²) in [5.74, 6) is 0.630. The molecule has 0 unspecified atom stereocenters. The lowest BCUT2D eigenvalue weighted by molar-refractivity contribution is 0.353. The second-order valence-corrected chi connectivity index (χ2v) is 3.49. The van der Waals surface area contributed by atoms with Crippen LogP contribution in [0.1, 0.15) is 0 Å². The molecule has 1 nitrogen and oxygen atoms in total. The molecule has 0 saturated carbocycles. The molecule has 0 aliphatic rings. The molecule has 14 heavy (non-hydrogen) atoms. The van der Waals surface area contributed by atoms with Gasteiger partial charge in [-0.25, -0.2) is 4.39 Å². The smallest absolute Gasteiger partial charge is 0.138 e. The van der Waals surface area contributed by atoms with Crippen molar-refractivity contribution in [1.29, 1.82) is 0 Å². The Morgan fingerprint density at radius 2 is 2.29 bits per heavy atom. The van der Waals surface area contributed by atoms with Crippen LogP contribution in [0, 0.1) is 5.82 Å². The Labute approximate surface area is 92.9 Å². The summed E-state index contributed by atoms with van der Waals surface area (Å²) >= 11 is 9.77. The predicted molar refractivity (Wildman–Crippen MR) is 59.9 cm³/mol. The lowest BCUT2D eigenvalue weighted by Crippen LogP contribution is -2.01. The summed E-state index contributed by atoms with van der Waals surface area (Å²) in [6.07, 6.45) is 0. The summed E-state index contributed by atoms with van der Waals surface area (Å²) < 4.78 is 17.9. The first kappa shape index (κ1) is 11.4. The van der Waals surface area contributed by atoms with E-state index in [1.807, 2.05) is 0 Å². The van der Waals surface area contributed by atoms with Gasteiger partial charge in [-0.1, -0.05) is 18.2 Å². The molecule has 0 aliphatic heterocycles. The van der Waals surface area contributed by atoms with Gasteiger partial charge in [0.2, 0.25) is 0 Å². The van der Waals surface area contributed by atoms with E-state index in [4.69, 9.17) is 16.3 Å². The van der Waals surface area contributed by atoms with Crippen molar-refractivity contribution in [1.82, 2.24) is 0 Å². The number of rotatable bonds is 4. The number of hydrogen-bond acceptors (Lipinski definition) is 2. The van der Waals surface area contributed by atoms with E-state index in [1.54, 1.807) is 0 Å². The second kappa shape index (κ2) is 5.27. The van der Waals surface area contributed by atoms with Crippen LogP contribution < -0.4 is 4.74 Å². The molecule has 0 saturated heterocycles. The fraction of sp³-hybridized carbons (Fsp3) is 0.200. The Bertz CT molecular complexity index is 341. The third kappa shape index (κ3) is 3.24. The maximum Gasteiger partial charge on any atom is 0.138 e. The lowest BCUT2D eigenvalue weighted by atomic mass is 10.3. The van der Waals surface area contributed by atoms with Crippen molar-refractivity contribution >= 4 is 24.2 Å². The van der Waals surface area contributed by atoms with Crippen LogP contribution >= 0.6 is 24.2 Å². The molecule has 0 spiro atoms. The quantitative estimate of drug-likeness (QED) is 0.619. The molecule has 0 heterocycles. The molecule has 0 fully saturated rings. The van der Waals surface area contributed by atoms with Crippen molar-refractivity contribution in [3.63, 3.8) is 0 Å². The Hall–Kier alpha value is -0.670. The van der Waals surface area contributed by atoms with Gasteiger partial charge in [0, 0.05) is 5.75 Å². The highest BCUT2D eigenvalue weighted by molar-refractivity contribution is 7.80. The van der Waals surface area contributed by atoms with Crippen LogP contribution in [0.4, 0.5) is 4.39 Å². The lowest BCUT2D eigenvalue weighted by Gasteiger charge is -2.08. The normalized spacial score (nSPS) is 9.93. The van der Waals surface area contributed by atoms with Crippen molar-refractivity contribution in [2.75, 3.05) is 12.4 Å². The van der Waals surface area contributed by atoms with Crippen LogP contribution in [-0.2, 0) is 0 Å². The molecule has 76 valence electrons. The highest BCUT2D eigenvalue weighted by Gasteiger charge is 2.03. The molecule has 0 radical (unpaired) electrons. The van der Waals surface area contributed by atoms with E-state index >= 15 is 0 Å². The number of halogens is 2. The molecule has 1 aromatic rings. The Balaban J connectivity index is 2.63. The van der Waals surface area contributed by atoms with Crippen molar-refractivity contribution in [2.24, 2.45) is 0 Å². The van der Waals surface area contributed by atoms with Gasteiger partial charge in [-0.15, -0.1) is 0 Å². The van der Waals surface area contributed by atoms with Crippen LogP contribution in [-0.4, -0.2) is 12.4 Å². The summed E-state index contributed by atoms with van der Waals surface area (Å²) in [7, 11) is 0. The Morgan fingerprint density at radius 1 is 1.57 bits per heavy atom. The van der Waals surface area contributed by atoms with Gasteiger partial charge in [0.1, 0.15) is 18.2 Å². The standard InChI is InChI=1S/C10H10ClFOS/c1-7(6-14)5-13-10-3-2-8(12)4-9(10)11/h2-4,14H,1,5-6H2. The molecular weight excluding hydrogens is 223 g/mol. The Kier molecular flexibility index (Phi) is 4.29. The first-order valence-electron chi connectivity index (χ1n) is 3.99. The second-order valence-electron chi connectivity index (χ2n) is 2.77. The van der Waals surface area contributed by atoms with E-state index in [9.17, 15) is 4.39 Å². The predicted octanol–water partition coefficient (Wildman–Crippen LogP) is 3.34. The minimum Gasteiger partial charge on any atom is -0.488 e. The summed E-state index contributed by atoms with van der Waals surface area (Å²) in [4.78, 5) is 0. The molecule has 0 atom stereocenters. The van der Waals surface area contributed by atoms with Crippen LogP contribution in [0.15, 0.2) is 30.4 Å². The minimum absolute atomic E-state index is 0.261. The third-order valence-corrected chi connectivity index (χ3v) is 2.29. The summed E-state index contributed by atoms with van der Waals surface area (Å²) in [6.45, 7) is 4.06. The third-order valence-electron chi connectivity index (χ3n) is 1.55. The fourth-order valence-corrected chi connectivity index (χ4v) is 1.13. The van der Waals surface area contributed by atoms with Gasteiger partial charge >= 0.3 is 0 Å². The van der Waals surface area contributed by atoms with Gasteiger partial charge in [-0.05, 0) is 23.8 Å². The molecule has 0 aliphatic carbocycles. The Morgan fingerprint density at radius 3 is 2.86 bits per heavy atom. The first-order chi connectivity index (χ1) is 6.63. The van der Waals surface area contributed by atoms with Crippen molar-refractivity contribution < 1.29 is 9.13 Å². The van der Waals surface area contributed by atoms with Crippen LogP contribution in [0.5, 0.6) is 5.75 Å². The number of hydrogen-bond donors (Lipinski definition) is 1. The van der Waals surface area contributed by atoms with Crippen molar-refractivity contribution in [3.8, 4) is 5.75 Å². The minimum atomic E-state index is -0.379. The molecule has 0 aromatic heterocycles. The largest absolute Gasteiger partial charge is 0.488 e. The maximum atomic E-state index is 12.6. The van der Waals surface area contributed by atoms with Crippen LogP contribution in [0.25, 0.3) is 0 Å². The van der Waals surface area contributed by atoms with Gasteiger partial charge in [0.15, 0.2) is 0 Å². The van der Waals surface area contributed by atoms with Gasteiger partial charge in [-0.3, -0.25) is 0 Å². The molecule has 0 N–H and O–H groups in total. The topological polar surface area (TPSA) is 9.23 Å². The van der Waals surface area contributed by atoms with Gasteiger partial charge in [0.05, 0.1) is 5.02 Å². The zero-order valence-corrected chi connectivity index (χ0v) is 9.12. The summed E-state index contributed by atoms with van der Waals surface area (Å²) in [5, 5.41) is 0.261. The molecule has 1 aromatic carbocycles. The molecule has 0 amide bonds. The summed E-state index contributed by atoms with van der Waals surface area (Å²) in [5.41, 5.74) is 0.841. The number of ether oxygens (including phenoxy) is 1. The van der Waals surface area contributed by atoms with Gasteiger partial charge in [0.25, 0.3) is 0 Å². The van der Waals surface area contributed by atoms with E-state index in [0.717, 1.165) is 5.57 Å². The number of benzene rings is 1. The van der Waals surface area contributed by atoms with E-state index in [-0.39, 0.29) is 10.8 Å². The monoisotopic (exact) mass is 232 g/mol. The zero-order chi connectivity index (χ0) is 10.6. The fourth-order valence-electron chi connectivity index (χ4n) is 0.818. The molecule has 4 heteroatoms. The van der Waals surface area contributed by atoms with Crippen molar-refractivity contribution in [2.45, 2.75) is 0 Å². The van der Waals surface area contributed by atoms with E-state index in [1.165, 1.54) is 18.2 Å². The van der Waals surface area contributed by atoms with E-state index in [2.05, 4.69) is 19.2 Å². The SMILES string of the molecule is C=C(CS)COc1ccc(F)cc1Cl. The van der Waals surface area contributed by atoms with E-state index < -0.39 is 0 Å². The summed E-state index contributed by atoms with van der Waals surface area (Å²) in [6, 6.07) is 3.99. The highest BCUT2D eigenvalue weighted by atomic mass is 35.5. The molecular formula is C10H10ClFOS. The zero-order valence-electron chi connectivity index (χ0n) is 7.46. The maximum absolute atomic E-state index is 12.6. The number of thiol groups is 1. The van der Waals surface area contributed by atoms with Gasteiger partial charge in [-0.2, -0.15) is 12.6 Å². The average molecular weight is 233 g/mol. The van der Waals surface area contributed by atoms with Crippen LogP contribution in [0.2, 0.25) is 5.02 Å². The van der Waals surface area contributed by atoms with Crippen LogP contribution in [0.3, 0.4) is 0 Å². The molecule has 0 bridgehead atoms. The van der Waals surface area contributed by atoms with E-state index in [0.29, 0.717) is 18.1 Å². The average Bonchev–Trinajstić information content (AvgIpc) is 2.16. The van der Waals surface area contributed by atoms with Gasteiger partial charge < -0.3 is 4.74 Å². The molecule has 1 rings (SSSR count). The first-order valence-corrected chi connectivity index (χ1v) is 5.00.